The Labute approximate surface area is 158 Å². The summed E-state index contributed by atoms with van der Waals surface area (Å²) in [6.45, 7) is 4.68. The Hall–Kier alpha value is -2.45. The number of nitrogens with zero attached hydrogens (tertiary/aromatic N) is 4. The molecule has 142 valence electrons. The zero-order valence-electron chi connectivity index (χ0n) is 15.0. The first-order valence-corrected chi connectivity index (χ1v) is 8.10. The number of carbonyl (C=O) groups is 1. The molecule has 0 fully saturated rings. The van der Waals surface area contributed by atoms with E-state index in [4.69, 9.17) is 5.73 Å². The van der Waals surface area contributed by atoms with Crippen LogP contribution in [0.3, 0.4) is 0 Å². The number of halogens is 1. The Morgan fingerprint density at radius 1 is 1.35 bits per heavy atom. The molecule has 8 nitrogen and oxygen atoms in total. The van der Waals surface area contributed by atoms with Gasteiger partial charge in [-0.1, -0.05) is 13.8 Å². The van der Waals surface area contributed by atoms with Crippen molar-refractivity contribution in [2.75, 3.05) is 13.6 Å². The van der Waals surface area contributed by atoms with Gasteiger partial charge in [0, 0.05) is 38.0 Å². The molecule has 1 amide bonds. The quantitative estimate of drug-likeness (QED) is 0.586. The number of nitro benzene ring substituents is 1. The van der Waals surface area contributed by atoms with E-state index in [1.807, 2.05) is 0 Å². The molecule has 0 saturated heterocycles. The van der Waals surface area contributed by atoms with Gasteiger partial charge in [0.15, 0.2) is 0 Å². The average Bonchev–Trinajstić information content (AvgIpc) is 3.08. The van der Waals surface area contributed by atoms with Crippen LogP contribution in [0.15, 0.2) is 36.7 Å². The van der Waals surface area contributed by atoms with Crippen LogP contribution in [0.4, 0.5) is 5.69 Å². The Morgan fingerprint density at radius 3 is 2.50 bits per heavy atom. The van der Waals surface area contributed by atoms with E-state index < -0.39 is 4.92 Å². The van der Waals surface area contributed by atoms with Crippen LogP contribution < -0.4 is 5.73 Å². The molecule has 9 heteroatoms. The minimum absolute atomic E-state index is 0. The van der Waals surface area contributed by atoms with Crippen LogP contribution >= 0.6 is 12.4 Å². The van der Waals surface area contributed by atoms with Gasteiger partial charge in [-0.25, -0.2) is 4.68 Å². The highest BCUT2D eigenvalue weighted by Crippen LogP contribution is 2.15. The van der Waals surface area contributed by atoms with E-state index in [0.29, 0.717) is 23.7 Å². The minimum atomic E-state index is -0.460. The maximum absolute atomic E-state index is 12.5. The number of aromatic nitrogens is 2. The van der Waals surface area contributed by atoms with Crippen LogP contribution in [0.25, 0.3) is 5.69 Å². The molecule has 0 aliphatic rings. The van der Waals surface area contributed by atoms with Crippen molar-refractivity contribution in [3.8, 4) is 5.69 Å². The SMILES string of the molecule is CC(C)C(N)CCN(C)C(=O)c1cnn(-c2ccc([N+](=O)[O-])cc2)c1.Cl. The highest BCUT2D eigenvalue weighted by molar-refractivity contribution is 5.93. The third-order valence-corrected chi connectivity index (χ3v) is 4.16. The van der Waals surface area contributed by atoms with Crippen molar-refractivity contribution >= 4 is 24.0 Å². The van der Waals surface area contributed by atoms with Gasteiger partial charge in [0.25, 0.3) is 11.6 Å². The van der Waals surface area contributed by atoms with E-state index in [9.17, 15) is 14.9 Å². The standard InChI is InChI=1S/C17H23N5O3.ClH/c1-12(2)16(18)8-9-20(3)17(23)13-10-19-21(11-13)14-4-6-15(7-5-14)22(24)25;/h4-7,10-12,16H,8-9,18H2,1-3H3;1H. The lowest BCUT2D eigenvalue weighted by Gasteiger charge is -2.21. The molecule has 0 spiro atoms. The summed E-state index contributed by atoms with van der Waals surface area (Å²) in [4.78, 5) is 24.3. The lowest BCUT2D eigenvalue weighted by Crippen LogP contribution is -2.34. The lowest BCUT2D eigenvalue weighted by molar-refractivity contribution is -0.384. The summed E-state index contributed by atoms with van der Waals surface area (Å²) in [5, 5.41) is 14.9. The second kappa shape index (κ2) is 9.30. The number of non-ortho nitro benzene ring substituents is 1. The smallest absolute Gasteiger partial charge is 0.269 e. The molecule has 0 aliphatic heterocycles. The molecule has 1 atom stereocenters. The topological polar surface area (TPSA) is 107 Å². The molecule has 0 aliphatic carbocycles. The molecule has 1 aromatic carbocycles. The van der Waals surface area contributed by atoms with Gasteiger partial charge in [-0.3, -0.25) is 14.9 Å². The van der Waals surface area contributed by atoms with Gasteiger partial charge < -0.3 is 10.6 Å². The van der Waals surface area contributed by atoms with Crippen LogP contribution in [-0.2, 0) is 0 Å². The van der Waals surface area contributed by atoms with E-state index in [2.05, 4.69) is 18.9 Å². The summed E-state index contributed by atoms with van der Waals surface area (Å²) >= 11 is 0. The Morgan fingerprint density at radius 2 is 1.96 bits per heavy atom. The zero-order valence-corrected chi connectivity index (χ0v) is 15.8. The number of amides is 1. The fourth-order valence-electron chi connectivity index (χ4n) is 2.30. The molecular formula is C17H24ClN5O3. The summed E-state index contributed by atoms with van der Waals surface area (Å²) < 4.78 is 1.52. The van der Waals surface area contributed by atoms with E-state index in [-0.39, 0.29) is 30.0 Å². The monoisotopic (exact) mass is 381 g/mol. The zero-order chi connectivity index (χ0) is 18.6. The highest BCUT2D eigenvalue weighted by atomic mass is 35.5. The van der Waals surface area contributed by atoms with Crippen molar-refractivity contribution in [1.82, 2.24) is 14.7 Å². The molecule has 0 bridgehead atoms. The van der Waals surface area contributed by atoms with Gasteiger partial charge in [0.05, 0.1) is 22.4 Å². The van der Waals surface area contributed by atoms with Crippen molar-refractivity contribution in [2.24, 2.45) is 11.7 Å². The third-order valence-electron chi connectivity index (χ3n) is 4.16. The molecule has 1 unspecified atom stereocenters. The summed E-state index contributed by atoms with van der Waals surface area (Å²) in [6.07, 6.45) is 3.83. The fourth-order valence-corrected chi connectivity index (χ4v) is 2.30. The highest BCUT2D eigenvalue weighted by Gasteiger charge is 2.16. The van der Waals surface area contributed by atoms with E-state index >= 15 is 0 Å². The number of carbonyl (C=O) groups excluding carboxylic acids is 1. The van der Waals surface area contributed by atoms with Gasteiger partial charge in [-0.2, -0.15) is 5.10 Å². The summed E-state index contributed by atoms with van der Waals surface area (Å²) in [5.74, 6) is 0.234. The van der Waals surface area contributed by atoms with Crippen molar-refractivity contribution in [3.63, 3.8) is 0 Å². The predicted molar refractivity (Wildman–Crippen MR) is 102 cm³/mol. The van der Waals surface area contributed by atoms with Crippen LogP contribution in [0.2, 0.25) is 0 Å². The van der Waals surface area contributed by atoms with E-state index in [1.165, 1.54) is 23.0 Å². The second-order valence-electron chi connectivity index (χ2n) is 6.37. The summed E-state index contributed by atoms with van der Waals surface area (Å²) in [7, 11) is 1.73. The minimum Gasteiger partial charge on any atom is -0.342 e. The molecule has 2 aromatic rings. The maximum Gasteiger partial charge on any atom is 0.269 e. The molecule has 2 N–H and O–H groups in total. The van der Waals surface area contributed by atoms with E-state index in [0.717, 1.165) is 6.42 Å². The molecular weight excluding hydrogens is 358 g/mol. The second-order valence-corrected chi connectivity index (χ2v) is 6.37. The number of hydrogen-bond acceptors (Lipinski definition) is 5. The first-order valence-electron chi connectivity index (χ1n) is 8.10. The average molecular weight is 382 g/mol. The Kier molecular flexibility index (Phi) is 7.73. The first kappa shape index (κ1) is 21.6. The van der Waals surface area contributed by atoms with E-state index in [1.54, 1.807) is 30.3 Å². The van der Waals surface area contributed by atoms with Crippen molar-refractivity contribution < 1.29 is 9.72 Å². The normalized spacial score (nSPS) is 11.7. The Balaban J connectivity index is 0.00000338. The fraction of sp³-hybridized carbons (Fsp3) is 0.412. The number of nitro groups is 1. The molecule has 2 rings (SSSR count). The maximum atomic E-state index is 12.5. The predicted octanol–water partition coefficient (Wildman–Crippen LogP) is 2.65. The molecule has 1 aromatic heterocycles. The largest absolute Gasteiger partial charge is 0.342 e. The van der Waals surface area contributed by atoms with Crippen molar-refractivity contribution in [3.05, 3.63) is 52.3 Å². The van der Waals surface area contributed by atoms with Gasteiger partial charge >= 0.3 is 0 Å². The number of hydrogen-bond donors (Lipinski definition) is 1. The van der Waals surface area contributed by atoms with Gasteiger partial charge in [-0.05, 0) is 24.5 Å². The molecule has 1 heterocycles. The summed E-state index contributed by atoms with van der Waals surface area (Å²) in [6, 6.07) is 6.03. The van der Waals surface area contributed by atoms with Crippen molar-refractivity contribution in [1.29, 1.82) is 0 Å². The molecule has 0 saturated carbocycles. The van der Waals surface area contributed by atoms with Crippen molar-refractivity contribution in [2.45, 2.75) is 26.3 Å². The number of nitrogens with two attached hydrogens (primary N) is 1. The summed E-state index contributed by atoms with van der Waals surface area (Å²) in [5.41, 5.74) is 7.13. The molecule has 26 heavy (non-hydrogen) atoms. The van der Waals surface area contributed by atoms with Gasteiger partial charge in [0.1, 0.15) is 0 Å². The van der Waals surface area contributed by atoms with Crippen LogP contribution in [0.1, 0.15) is 30.6 Å². The third kappa shape index (κ3) is 5.27. The van der Waals surface area contributed by atoms with Crippen LogP contribution in [-0.4, -0.2) is 45.1 Å². The number of benzene rings is 1. The molecule has 0 radical (unpaired) electrons. The Bertz CT molecular complexity index is 745. The van der Waals surface area contributed by atoms with Gasteiger partial charge in [0.2, 0.25) is 0 Å². The van der Waals surface area contributed by atoms with Gasteiger partial charge in [-0.15, -0.1) is 12.4 Å². The van der Waals surface area contributed by atoms with Crippen LogP contribution in [0, 0.1) is 16.0 Å². The lowest BCUT2D eigenvalue weighted by atomic mass is 10.0. The van der Waals surface area contributed by atoms with Crippen LogP contribution in [0.5, 0.6) is 0 Å². The first-order chi connectivity index (χ1) is 11.8. The number of rotatable bonds is 7.